The summed E-state index contributed by atoms with van der Waals surface area (Å²) < 4.78 is 11.8. The first-order valence-corrected chi connectivity index (χ1v) is 12.7. The number of ether oxygens (including phenoxy) is 2. The van der Waals surface area contributed by atoms with Gasteiger partial charge in [0.1, 0.15) is 22.8 Å². The van der Waals surface area contributed by atoms with Crippen LogP contribution in [0.25, 0.3) is 0 Å². The number of rotatable bonds is 9. The number of carbonyl (C=O) groups excluding carboxylic acids is 2. The number of nitrogens with zero attached hydrogens (tertiary/aromatic N) is 4. The van der Waals surface area contributed by atoms with Crippen molar-refractivity contribution in [3.63, 3.8) is 0 Å². The van der Waals surface area contributed by atoms with E-state index >= 15 is 0 Å². The summed E-state index contributed by atoms with van der Waals surface area (Å²) >= 11 is 0. The lowest BCUT2D eigenvalue weighted by Crippen LogP contribution is -2.42. The lowest BCUT2D eigenvalue weighted by atomic mass is 10.0. The quantitative estimate of drug-likeness (QED) is 0.408. The van der Waals surface area contributed by atoms with Gasteiger partial charge in [-0.15, -0.1) is 0 Å². The first kappa shape index (κ1) is 26.7. The van der Waals surface area contributed by atoms with E-state index in [9.17, 15) is 9.59 Å². The number of hydrogen-bond donors (Lipinski definition) is 1. The van der Waals surface area contributed by atoms with Gasteiger partial charge in [0.2, 0.25) is 17.7 Å². The highest BCUT2D eigenvalue weighted by Crippen LogP contribution is 2.29. The van der Waals surface area contributed by atoms with Gasteiger partial charge in [0, 0.05) is 31.9 Å². The van der Waals surface area contributed by atoms with E-state index in [-0.39, 0.29) is 29.3 Å². The maximum absolute atomic E-state index is 12.5. The number of aromatic nitrogens is 2. The third kappa shape index (κ3) is 6.47. The molecule has 4 rings (SSSR count). The van der Waals surface area contributed by atoms with Crippen molar-refractivity contribution >= 4 is 17.8 Å². The van der Waals surface area contributed by atoms with Crippen LogP contribution in [-0.4, -0.2) is 52.4 Å². The summed E-state index contributed by atoms with van der Waals surface area (Å²) in [6.45, 7) is 9.61. The normalized spacial score (nSPS) is 17.4. The van der Waals surface area contributed by atoms with Crippen LogP contribution >= 0.6 is 0 Å². The van der Waals surface area contributed by atoms with Crippen LogP contribution in [0.3, 0.4) is 0 Å². The molecule has 198 valence electrons. The molecule has 0 radical (unpaired) electrons. The third-order valence-corrected chi connectivity index (χ3v) is 6.41. The molecule has 9 nitrogen and oxygen atoms in total. The van der Waals surface area contributed by atoms with E-state index in [1.165, 1.54) is 12.3 Å². The summed E-state index contributed by atoms with van der Waals surface area (Å²) in [6, 6.07) is 16.4. The SMILES string of the molecule is C=CC(=O)N1CC(CCC)CN(c2ncc(C(N)=O)c(Oc3ccc(Oc4ccccc4)cc3)n2)CC1C. The van der Waals surface area contributed by atoms with E-state index < -0.39 is 5.91 Å². The van der Waals surface area contributed by atoms with Crippen molar-refractivity contribution in [1.29, 1.82) is 0 Å². The summed E-state index contributed by atoms with van der Waals surface area (Å²) in [4.78, 5) is 37.6. The van der Waals surface area contributed by atoms with Gasteiger partial charge in [-0.3, -0.25) is 9.59 Å². The highest BCUT2D eigenvalue weighted by atomic mass is 16.5. The molecule has 1 aromatic heterocycles. The first-order valence-electron chi connectivity index (χ1n) is 12.7. The summed E-state index contributed by atoms with van der Waals surface area (Å²) in [5.74, 6) is 1.76. The molecule has 0 aliphatic carbocycles. The molecule has 0 bridgehead atoms. The van der Waals surface area contributed by atoms with Gasteiger partial charge in [0.15, 0.2) is 0 Å². The number of para-hydroxylation sites is 1. The monoisotopic (exact) mass is 515 g/mol. The van der Waals surface area contributed by atoms with Crippen molar-refractivity contribution in [3.05, 3.63) is 79.0 Å². The highest BCUT2D eigenvalue weighted by molar-refractivity contribution is 5.95. The Labute approximate surface area is 222 Å². The average Bonchev–Trinajstić information content (AvgIpc) is 3.08. The second-order valence-electron chi connectivity index (χ2n) is 9.35. The zero-order valence-electron chi connectivity index (χ0n) is 21.7. The molecule has 1 aliphatic rings. The van der Waals surface area contributed by atoms with Crippen molar-refractivity contribution in [2.75, 3.05) is 24.5 Å². The van der Waals surface area contributed by atoms with Gasteiger partial charge in [0.25, 0.3) is 5.91 Å². The number of primary amides is 1. The molecule has 0 spiro atoms. The molecule has 9 heteroatoms. The maximum Gasteiger partial charge on any atom is 0.255 e. The van der Waals surface area contributed by atoms with Crippen molar-refractivity contribution in [3.8, 4) is 23.1 Å². The van der Waals surface area contributed by atoms with Gasteiger partial charge in [-0.05, 0) is 61.7 Å². The molecular weight excluding hydrogens is 482 g/mol. The van der Waals surface area contributed by atoms with Gasteiger partial charge in [-0.25, -0.2) is 4.98 Å². The largest absolute Gasteiger partial charge is 0.457 e. The van der Waals surface area contributed by atoms with Crippen LogP contribution < -0.4 is 20.1 Å². The predicted molar refractivity (Wildman–Crippen MR) is 146 cm³/mol. The summed E-state index contributed by atoms with van der Waals surface area (Å²) in [7, 11) is 0. The Morgan fingerprint density at radius 2 is 1.68 bits per heavy atom. The number of benzene rings is 2. The number of nitrogens with two attached hydrogens (primary N) is 1. The molecule has 0 saturated carbocycles. The molecular formula is C29H33N5O4. The smallest absolute Gasteiger partial charge is 0.255 e. The molecule has 2 atom stereocenters. The fourth-order valence-corrected chi connectivity index (χ4v) is 4.57. The molecule has 1 aliphatic heterocycles. The van der Waals surface area contributed by atoms with E-state index in [1.54, 1.807) is 24.3 Å². The van der Waals surface area contributed by atoms with E-state index in [2.05, 4.69) is 23.5 Å². The second kappa shape index (κ2) is 12.2. The standard InChI is InChI=1S/C29H33N5O4/c1-4-9-21-18-33(17-20(3)34(19-21)26(35)5-2)29-31-16-25(27(30)36)28(32-29)38-24-14-12-23(13-15-24)37-22-10-7-6-8-11-22/h5-8,10-16,20-21H,2,4,9,17-19H2,1,3H3,(H2,30,36). The summed E-state index contributed by atoms with van der Waals surface area (Å²) in [5.41, 5.74) is 5.67. The topological polar surface area (TPSA) is 111 Å². The average molecular weight is 516 g/mol. The second-order valence-corrected chi connectivity index (χ2v) is 9.35. The van der Waals surface area contributed by atoms with Crippen molar-refractivity contribution < 1.29 is 19.1 Å². The fraction of sp³-hybridized carbons (Fsp3) is 0.310. The maximum atomic E-state index is 12.5. The summed E-state index contributed by atoms with van der Waals surface area (Å²) in [6.07, 6.45) is 4.69. The minimum absolute atomic E-state index is 0.0715. The van der Waals surface area contributed by atoms with Crippen LogP contribution in [0.15, 0.2) is 73.4 Å². The van der Waals surface area contributed by atoms with Crippen LogP contribution in [0.4, 0.5) is 5.95 Å². The Morgan fingerprint density at radius 3 is 2.32 bits per heavy atom. The molecule has 3 aromatic rings. The van der Waals surface area contributed by atoms with Crippen LogP contribution in [0, 0.1) is 5.92 Å². The third-order valence-electron chi connectivity index (χ3n) is 6.41. The fourth-order valence-electron chi connectivity index (χ4n) is 4.57. The predicted octanol–water partition coefficient (Wildman–Crippen LogP) is 4.80. The molecule has 2 unspecified atom stereocenters. The van der Waals surface area contributed by atoms with Crippen molar-refractivity contribution in [2.24, 2.45) is 11.7 Å². The van der Waals surface area contributed by atoms with Crippen LogP contribution in [0.1, 0.15) is 37.0 Å². The Bertz CT molecular complexity index is 1270. The molecule has 2 heterocycles. The number of anilines is 1. The lowest BCUT2D eigenvalue weighted by molar-refractivity contribution is -0.128. The Balaban J connectivity index is 1.57. The number of hydrogen-bond acceptors (Lipinski definition) is 7. The van der Waals surface area contributed by atoms with Gasteiger partial charge in [-0.2, -0.15) is 4.98 Å². The Morgan fingerprint density at radius 1 is 1.03 bits per heavy atom. The zero-order valence-corrected chi connectivity index (χ0v) is 21.7. The molecule has 2 amide bonds. The van der Waals surface area contributed by atoms with E-state index in [0.717, 1.165) is 18.6 Å². The van der Waals surface area contributed by atoms with E-state index in [4.69, 9.17) is 15.2 Å². The number of carbonyl (C=O) groups is 2. The highest BCUT2D eigenvalue weighted by Gasteiger charge is 2.31. The molecule has 2 N–H and O–H groups in total. The van der Waals surface area contributed by atoms with Crippen LogP contribution in [-0.2, 0) is 4.79 Å². The van der Waals surface area contributed by atoms with Gasteiger partial charge < -0.3 is 25.0 Å². The lowest BCUT2D eigenvalue weighted by Gasteiger charge is -2.28. The van der Waals surface area contributed by atoms with Crippen molar-refractivity contribution in [1.82, 2.24) is 14.9 Å². The molecule has 1 fully saturated rings. The molecule has 1 saturated heterocycles. The Hall–Kier alpha value is -4.40. The minimum Gasteiger partial charge on any atom is -0.457 e. The Kier molecular flexibility index (Phi) is 8.58. The zero-order chi connectivity index (χ0) is 27.1. The summed E-state index contributed by atoms with van der Waals surface area (Å²) in [5, 5.41) is 0. The molecule has 38 heavy (non-hydrogen) atoms. The van der Waals surface area contributed by atoms with Gasteiger partial charge >= 0.3 is 0 Å². The van der Waals surface area contributed by atoms with Crippen LogP contribution in [0.2, 0.25) is 0 Å². The van der Waals surface area contributed by atoms with Gasteiger partial charge in [0.05, 0.1) is 0 Å². The number of amides is 2. The first-order chi connectivity index (χ1) is 18.4. The van der Waals surface area contributed by atoms with Crippen LogP contribution in [0.5, 0.6) is 23.1 Å². The van der Waals surface area contributed by atoms with E-state index in [0.29, 0.717) is 37.1 Å². The minimum atomic E-state index is -0.688. The van der Waals surface area contributed by atoms with Gasteiger partial charge in [-0.1, -0.05) is 38.1 Å². The van der Waals surface area contributed by atoms with E-state index in [1.807, 2.05) is 47.1 Å². The van der Waals surface area contributed by atoms with Crippen molar-refractivity contribution in [2.45, 2.75) is 32.7 Å². The molecule has 2 aromatic carbocycles.